The second-order valence-electron chi connectivity index (χ2n) is 2.91. The van der Waals surface area contributed by atoms with Crippen LogP contribution in [0.15, 0.2) is 18.3 Å². The van der Waals surface area contributed by atoms with E-state index in [0.29, 0.717) is 10.4 Å². The van der Waals surface area contributed by atoms with Crippen LogP contribution in [-0.4, -0.2) is 0 Å². The van der Waals surface area contributed by atoms with Crippen LogP contribution in [0.1, 0.15) is 31.9 Å². The number of pyridine rings is 1. The van der Waals surface area contributed by atoms with Crippen molar-refractivity contribution in [1.82, 2.24) is 0 Å². The molecule has 0 aliphatic rings. The average molecular weight is 169 g/mol. The van der Waals surface area contributed by atoms with Crippen LogP contribution in [0, 0.1) is 11.0 Å². The van der Waals surface area contributed by atoms with E-state index in [1.54, 1.807) is 0 Å². The Hall–Kier alpha value is -1.12. The van der Waals surface area contributed by atoms with Gasteiger partial charge in [0.25, 0.3) is 0 Å². The minimum absolute atomic E-state index is 0.183. The maximum Gasteiger partial charge on any atom is 0.216 e. The van der Waals surface area contributed by atoms with E-state index in [9.17, 15) is 9.60 Å². The molecule has 0 N–H and O–H groups in total. The minimum atomic E-state index is -0.489. The number of halogens is 1. The number of nitrogens with zero attached hydrogens (tertiary/aromatic N) is 1. The van der Waals surface area contributed by atoms with Crippen molar-refractivity contribution in [3.05, 3.63) is 35.0 Å². The lowest BCUT2D eigenvalue weighted by Crippen LogP contribution is -2.32. The van der Waals surface area contributed by atoms with Gasteiger partial charge in [0, 0.05) is 12.0 Å². The van der Waals surface area contributed by atoms with Gasteiger partial charge >= 0.3 is 0 Å². The molecule has 1 aromatic heterocycles. The van der Waals surface area contributed by atoms with Gasteiger partial charge in [-0.3, -0.25) is 0 Å². The second-order valence-corrected chi connectivity index (χ2v) is 2.91. The summed E-state index contributed by atoms with van der Waals surface area (Å²) in [5.41, 5.74) is 0.624. The molecule has 0 aliphatic heterocycles. The Balaban J connectivity index is 3.01. The van der Waals surface area contributed by atoms with Crippen LogP contribution in [0.4, 0.5) is 4.39 Å². The fourth-order valence-electron chi connectivity index (χ4n) is 1.06. The first kappa shape index (κ1) is 8.97. The molecule has 3 heteroatoms. The zero-order chi connectivity index (χ0) is 9.14. The highest BCUT2D eigenvalue weighted by atomic mass is 19.1. The summed E-state index contributed by atoms with van der Waals surface area (Å²) in [6, 6.07) is 2.85. The van der Waals surface area contributed by atoms with Gasteiger partial charge in [-0.25, -0.2) is 4.39 Å². The van der Waals surface area contributed by atoms with Crippen molar-refractivity contribution >= 4 is 0 Å². The van der Waals surface area contributed by atoms with E-state index in [-0.39, 0.29) is 5.92 Å². The normalized spacial score (nSPS) is 12.9. The van der Waals surface area contributed by atoms with Crippen molar-refractivity contribution in [1.29, 1.82) is 0 Å². The molecule has 0 bridgehead atoms. The molecule has 2 nitrogen and oxygen atoms in total. The van der Waals surface area contributed by atoms with Gasteiger partial charge in [-0.1, -0.05) is 13.8 Å². The molecule has 66 valence electrons. The predicted octanol–water partition coefficient (Wildman–Crippen LogP) is 1.97. The van der Waals surface area contributed by atoms with Crippen molar-refractivity contribution in [2.75, 3.05) is 0 Å². The van der Waals surface area contributed by atoms with Gasteiger partial charge in [-0.2, -0.15) is 4.73 Å². The fraction of sp³-hybridized carbons (Fsp3) is 0.444. The van der Waals surface area contributed by atoms with Crippen LogP contribution in [-0.2, 0) is 0 Å². The zero-order valence-electron chi connectivity index (χ0n) is 7.25. The number of aromatic nitrogens is 1. The predicted molar refractivity (Wildman–Crippen MR) is 44.1 cm³/mol. The Bertz CT molecular complexity index is 275. The molecule has 0 amide bonds. The summed E-state index contributed by atoms with van der Waals surface area (Å²) in [7, 11) is 0. The summed E-state index contributed by atoms with van der Waals surface area (Å²) in [6.45, 7) is 3.94. The van der Waals surface area contributed by atoms with Crippen LogP contribution in [0.25, 0.3) is 0 Å². The number of hydrogen-bond acceptors (Lipinski definition) is 1. The smallest absolute Gasteiger partial charge is 0.216 e. The highest BCUT2D eigenvalue weighted by Gasteiger charge is 2.12. The molecule has 0 saturated heterocycles. The summed E-state index contributed by atoms with van der Waals surface area (Å²) >= 11 is 0. The van der Waals surface area contributed by atoms with Crippen LogP contribution < -0.4 is 4.73 Å². The van der Waals surface area contributed by atoms with Crippen molar-refractivity contribution in [2.24, 2.45) is 0 Å². The Morgan fingerprint density at radius 3 is 2.75 bits per heavy atom. The highest BCUT2D eigenvalue weighted by molar-refractivity contribution is 5.03. The van der Waals surface area contributed by atoms with Gasteiger partial charge in [0.2, 0.25) is 6.20 Å². The first-order valence-electron chi connectivity index (χ1n) is 4.03. The largest absolute Gasteiger partial charge is 0.618 e. The molecule has 0 fully saturated rings. The van der Waals surface area contributed by atoms with Crippen molar-refractivity contribution < 1.29 is 9.12 Å². The monoisotopic (exact) mass is 169 g/mol. The Morgan fingerprint density at radius 1 is 1.58 bits per heavy atom. The first-order chi connectivity index (χ1) is 5.65. The first-order valence-corrected chi connectivity index (χ1v) is 4.03. The number of rotatable bonds is 2. The molecular weight excluding hydrogens is 157 g/mol. The van der Waals surface area contributed by atoms with E-state index in [1.165, 1.54) is 12.1 Å². The molecule has 1 rings (SSSR count). The van der Waals surface area contributed by atoms with Crippen LogP contribution in [0.2, 0.25) is 0 Å². The third kappa shape index (κ3) is 1.72. The van der Waals surface area contributed by atoms with E-state index in [2.05, 4.69) is 0 Å². The molecule has 1 atom stereocenters. The molecular formula is C9H12FNO. The van der Waals surface area contributed by atoms with E-state index >= 15 is 0 Å². The molecule has 1 heterocycles. The summed E-state index contributed by atoms with van der Waals surface area (Å²) in [5, 5.41) is 11.1. The summed E-state index contributed by atoms with van der Waals surface area (Å²) in [5.74, 6) is -0.305. The van der Waals surface area contributed by atoms with Gasteiger partial charge in [-0.15, -0.1) is 0 Å². The second kappa shape index (κ2) is 3.52. The quantitative estimate of drug-likeness (QED) is 0.491. The summed E-state index contributed by atoms with van der Waals surface area (Å²) in [6.07, 6.45) is 1.84. The van der Waals surface area contributed by atoms with E-state index in [4.69, 9.17) is 0 Å². The maximum absolute atomic E-state index is 12.5. The topological polar surface area (TPSA) is 26.9 Å². The van der Waals surface area contributed by atoms with E-state index in [0.717, 1.165) is 12.6 Å². The van der Waals surface area contributed by atoms with Gasteiger partial charge in [0.1, 0.15) is 0 Å². The highest BCUT2D eigenvalue weighted by Crippen LogP contribution is 2.13. The van der Waals surface area contributed by atoms with Gasteiger partial charge in [0.15, 0.2) is 11.5 Å². The Kier molecular flexibility index (Phi) is 2.63. The van der Waals surface area contributed by atoms with Crippen LogP contribution in [0.3, 0.4) is 0 Å². The van der Waals surface area contributed by atoms with Crippen LogP contribution >= 0.6 is 0 Å². The zero-order valence-corrected chi connectivity index (χ0v) is 7.25. The average Bonchev–Trinajstić information content (AvgIpc) is 2.03. The molecule has 0 spiro atoms. The fourth-order valence-corrected chi connectivity index (χ4v) is 1.06. The molecule has 0 aliphatic carbocycles. The molecule has 0 unspecified atom stereocenters. The van der Waals surface area contributed by atoms with Crippen molar-refractivity contribution in [3.63, 3.8) is 0 Å². The van der Waals surface area contributed by atoms with E-state index in [1.807, 2.05) is 13.8 Å². The molecule has 12 heavy (non-hydrogen) atoms. The van der Waals surface area contributed by atoms with Gasteiger partial charge < -0.3 is 5.21 Å². The standard InChI is InChI=1S/C9H12FNO/c1-3-7(2)9-5-4-8(10)6-11(9)12/h4-7H,3H2,1-2H3/t7-/m0/s1. The minimum Gasteiger partial charge on any atom is -0.618 e. The van der Waals surface area contributed by atoms with E-state index < -0.39 is 5.82 Å². The Labute approximate surface area is 71.2 Å². The summed E-state index contributed by atoms with van der Waals surface area (Å²) in [4.78, 5) is 0. The van der Waals surface area contributed by atoms with Crippen LogP contribution in [0.5, 0.6) is 0 Å². The lowest BCUT2D eigenvalue weighted by molar-refractivity contribution is -0.617. The number of hydrogen-bond donors (Lipinski definition) is 0. The lowest BCUT2D eigenvalue weighted by Gasteiger charge is -2.08. The summed E-state index contributed by atoms with van der Waals surface area (Å²) < 4.78 is 13.1. The maximum atomic E-state index is 12.5. The SMILES string of the molecule is CC[C@H](C)c1ccc(F)c[n+]1[O-]. The van der Waals surface area contributed by atoms with Gasteiger partial charge in [0.05, 0.1) is 0 Å². The lowest BCUT2D eigenvalue weighted by atomic mass is 10.0. The molecule has 0 aromatic carbocycles. The molecule has 1 aromatic rings. The third-order valence-electron chi connectivity index (χ3n) is 2.03. The van der Waals surface area contributed by atoms with Crippen molar-refractivity contribution in [3.8, 4) is 0 Å². The van der Waals surface area contributed by atoms with Gasteiger partial charge in [-0.05, 0) is 12.5 Å². The molecule has 0 saturated carbocycles. The third-order valence-corrected chi connectivity index (χ3v) is 2.03. The molecule has 0 radical (unpaired) electrons. The Morgan fingerprint density at radius 2 is 2.25 bits per heavy atom. The van der Waals surface area contributed by atoms with Crippen molar-refractivity contribution in [2.45, 2.75) is 26.2 Å².